The Morgan fingerprint density at radius 2 is 2.12 bits per heavy atom. The van der Waals surface area contributed by atoms with Crippen molar-refractivity contribution in [3.63, 3.8) is 0 Å². The first-order chi connectivity index (χ1) is 12.8. The molecule has 2 aromatic rings. The molecule has 1 aromatic heterocycles. The molecule has 2 heterocycles. The minimum absolute atomic E-state index is 0.0123. The summed E-state index contributed by atoms with van der Waals surface area (Å²) in [7, 11) is 0. The number of likely N-dealkylation sites (tertiary alicyclic amines) is 1. The summed E-state index contributed by atoms with van der Waals surface area (Å²) in [5, 5.41) is 7.23. The van der Waals surface area contributed by atoms with Gasteiger partial charge in [0.1, 0.15) is 12.7 Å². The van der Waals surface area contributed by atoms with Gasteiger partial charge in [-0.1, -0.05) is 31.9 Å². The van der Waals surface area contributed by atoms with Crippen molar-refractivity contribution >= 4 is 5.91 Å². The van der Waals surface area contributed by atoms with Gasteiger partial charge < -0.3 is 5.32 Å². The van der Waals surface area contributed by atoms with E-state index in [1.54, 1.807) is 11.0 Å². The first kappa shape index (κ1) is 18.6. The van der Waals surface area contributed by atoms with Gasteiger partial charge in [0.25, 0.3) is 5.91 Å². The maximum absolute atomic E-state index is 12.5. The first-order valence-electron chi connectivity index (χ1n) is 9.70. The predicted molar refractivity (Wildman–Crippen MR) is 102 cm³/mol. The smallest absolute Gasteiger partial charge is 0.251 e. The van der Waals surface area contributed by atoms with E-state index in [-0.39, 0.29) is 5.91 Å². The number of nitrogens with one attached hydrogen (secondary N) is 1. The largest absolute Gasteiger partial charge is 0.350 e. The number of aromatic nitrogens is 3. The van der Waals surface area contributed by atoms with Crippen LogP contribution in [0.1, 0.15) is 54.9 Å². The highest BCUT2D eigenvalue weighted by Crippen LogP contribution is 2.17. The molecule has 1 atom stereocenters. The first-order valence-corrected chi connectivity index (χ1v) is 9.70. The molecule has 0 radical (unpaired) electrons. The predicted octanol–water partition coefficient (Wildman–Crippen LogP) is 2.71. The molecule has 0 spiro atoms. The van der Waals surface area contributed by atoms with E-state index in [9.17, 15) is 4.79 Å². The minimum Gasteiger partial charge on any atom is -0.350 e. The zero-order chi connectivity index (χ0) is 18.2. The van der Waals surface area contributed by atoms with E-state index < -0.39 is 0 Å². The number of nitrogens with zero attached hydrogens (tertiary/aromatic N) is 4. The Hall–Kier alpha value is -2.21. The zero-order valence-electron chi connectivity index (χ0n) is 15.6. The van der Waals surface area contributed by atoms with Gasteiger partial charge in [-0.25, -0.2) is 9.67 Å². The Morgan fingerprint density at radius 1 is 1.27 bits per heavy atom. The number of unbranched alkanes of at least 4 members (excludes halogenated alkanes) is 1. The Morgan fingerprint density at radius 3 is 2.85 bits per heavy atom. The van der Waals surface area contributed by atoms with Crippen LogP contribution in [0.3, 0.4) is 0 Å². The van der Waals surface area contributed by atoms with Crippen molar-refractivity contribution in [3.8, 4) is 0 Å². The SMILES string of the molecule is CCCCN1CCCC[C@@H]1CNC(=O)c1ccc(Cn2cncn2)cc1. The molecular formula is C20H29N5O. The lowest BCUT2D eigenvalue weighted by Crippen LogP contribution is -2.47. The molecule has 0 saturated carbocycles. The van der Waals surface area contributed by atoms with E-state index in [1.807, 2.05) is 24.3 Å². The molecule has 140 valence electrons. The summed E-state index contributed by atoms with van der Waals surface area (Å²) in [5.74, 6) is 0.0123. The van der Waals surface area contributed by atoms with Gasteiger partial charge >= 0.3 is 0 Å². The van der Waals surface area contributed by atoms with Crippen LogP contribution in [-0.4, -0.2) is 51.2 Å². The van der Waals surface area contributed by atoms with Gasteiger partial charge in [-0.15, -0.1) is 0 Å². The van der Waals surface area contributed by atoms with Crippen LogP contribution in [0.4, 0.5) is 0 Å². The Labute approximate surface area is 155 Å². The number of carbonyl (C=O) groups excluding carboxylic acids is 1. The molecule has 1 amide bonds. The Balaban J connectivity index is 1.50. The van der Waals surface area contributed by atoms with Crippen molar-refractivity contribution in [1.29, 1.82) is 0 Å². The fourth-order valence-corrected chi connectivity index (χ4v) is 3.52. The summed E-state index contributed by atoms with van der Waals surface area (Å²) in [4.78, 5) is 19.0. The molecule has 0 bridgehead atoms. The van der Waals surface area contributed by atoms with Crippen molar-refractivity contribution < 1.29 is 4.79 Å². The molecule has 1 aromatic carbocycles. The number of rotatable bonds is 8. The highest BCUT2D eigenvalue weighted by atomic mass is 16.1. The van der Waals surface area contributed by atoms with E-state index in [4.69, 9.17) is 0 Å². The molecule has 1 saturated heterocycles. The lowest BCUT2D eigenvalue weighted by molar-refractivity contribution is 0.0912. The lowest BCUT2D eigenvalue weighted by atomic mass is 10.0. The topological polar surface area (TPSA) is 63.1 Å². The van der Waals surface area contributed by atoms with Crippen LogP contribution in [0.25, 0.3) is 0 Å². The standard InChI is InChI=1S/C20H29N5O/c1-2-3-11-24-12-5-4-6-19(24)13-22-20(26)18-9-7-17(8-10-18)14-25-16-21-15-23-25/h7-10,15-16,19H,2-6,11-14H2,1H3,(H,22,26)/t19-/m1/s1. The normalized spacial score (nSPS) is 18.0. The second kappa shape index (κ2) is 9.48. The number of amides is 1. The van der Waals surface area contributed by atoms with E-state index in [0.717, 1.165) is 25.2 Å². The number of hydrogen-bond donors (Lipinski definition) is 1. The molecule has 1 aliphatic rings. The number of benzene rings is 1. The molecule has 26 heavy (non-hydrogen) atoms. The molecule has 1 aliphatic heterocycles. The molecule has 1 fully saturated rings. The molecule has 1 N–H and O–H groups in total. The monoisotopic (exact) mass is 355 g/mol. The molecular weight excluding hydrogens is 326 g/mol. The summed E-state index contributed by atoms with van der Waals surface area (Å²) in [6, 6.07) is 8.20. The lowest BCUT2D eigenvalue weighted by Gasteiger charge is -2.35. The van der Waals surface area contributed by atoms with E-state index in [2.05, 4.69) is 27.2 Å². The van der Waals surface area contributed by atoms with Crippen LogP contribution in [-0.2, 0) is 6.54 Å². The van der Waals surface area contributed by atoms with Crippen LogP contribution in [0.5, 0.6) is 0 Å². The number of piperidine rings is 1. The second-order valence-corrected chi connectivity index (χ2v) is 7.04. The van der Waals surface area contributed by atoms with Crippen LogP contribution in [0.2, 0.25) is 0 Å². The van der Waals surface area contributed by atoms with Gasteiger partial charge in [0.05, 0.1) is 6.54 Å². The van der Waals surface area contributed by atoms with E-state index in [1.165, 1.54) is 38.4 Å². The summed E-state index contributed by atoms with van der Waals surface area (Å²) in [5.41, 5.74) is 1.81. The van der Waals surface area contributed by atoms with E-state index >= 15 is 0 Å². The molecule has 0 aliphatic carbocycles. The summed E-state index contributed by atoms with van der Waals surface area (Å²) >= 11 is 0. The van der Waals surface area contributed by atoms with E-state index in [0.29, 0.717) is 18.2 Å². The molecule has 6 heteroatoms. The second-order valence-electron chi connectivity index (χ2n) is 7.04. The van der Waals surface area contributed by atoms with Crippen LogP contribution < -0.4 is 5.32 Å². The summed E-state index contributed by atoms with van der Waals surface area (Å²) in [6.45, 7) is 5.94. The van der Waals surface area contributed by atoms with Crippen LogP contribution in [0, 0.1) is 0 Å². The van der Waals surface area contributed by atoms with Crippen LogP contribution >= 0.6 is 0 Å². The quantitative estimate of drug-likeness (QED) is 0.791. The Bertz CT molecular complexity index is 668. The van der Waals surface area contributed by atoms with Gasteiger partial charge in [-0.3, -0.25) is 9.69 Å². The highest BCUT2D eigenvalue weighted by molar-refractivity contribution is 5.94. The summed E-state index contributed by atoms with van der Waals surface area (Å²) in [6.07, 6.45) is 9.39. The third-order valence-corrected chi connectivity index (χ3v) is 5.07. The molecule has 3 rings (SSSR count). The zero-order valence-corrected chi connectivity index (χ0v) is 15.6. The third-order valence-electron chi connectivity index (χ3n) is 5.07. The van der Waals surface area contributed by atoms with Gasteiger partial charge in [-0.2, -0.15) is 5.10 Å². The van der Waals surface area contributed by atoms with Crippen molar-refractivity contribution in [3.05, 3.63) is 48.0 Å². The average molecular weight is 355 g/mol. The van der Waals surface area contributed by atoms with Crippen molar-refractivity contribution in [2.45, 2.75) is 51.6 Å². The van der Waals surface area contributed by atoms with Gasteiger partial charge in [-0.05, 0) is 50.0 Å². The number of hydrogen-bond acceptors (Lipinski definition) is 4. The average Bonchev–Trinajstić information content (AvgIpc) is 3.18. The third kappa shape index (κ3) is 5.14. The molecule has 6 nitrogen and oxygen atoms in total. The summed E-state index contributed by atoms with van der Waals surface area (Å²) < 4.78 is 1.77. The van der Waals surface area contributed by atoms with Crippen molar-refractivity contribution in [2.75, 3.05) is 19.6 Å². The van der Waals surface area contributed by atoms with Gasteiger partial charge in [0.15, 0.2) is 0 Å². The van der Waals surface area contributed by atoms with Crippen LogP contribution in [0.15, 0.2) is 36.9 Å². The maximum atomic E-state index is 12.5. The van der Waals surface area contributed by atoms with Gasteiger partial charge in [0, 0.05) is 18.2 Å². The van der Waals surface area contributed by atoms with Gasteiger partial charge in [0.2, 0.25) is 0 Å². The highest BCUT2D eigenvalue weighted by Gasteiger charge is 2.22. The number of carbonyl (C=O) groups is 1. The Kier molecular flexibility index (Phi) is 6.77. The minimum atomic E-state index is 0.0123. The molecule has 0 unspecified atom stereocenters. The van der Waals surface area contributed by atoms with Crippen molar-refractivity contribution in [1.82, 2.24) is 25.0 Å². The van der Waals surface area contributed by atoms with Crippen molar-refractivity contribution in [2.24, 2.45) is 0 Å². The maximum Gasteiger partial charge on any atom is 0.251 e. The fourth-order valence-electron chi connectivity index (χ4n) is 3.52. The fraction of sp³-hybridized carbons (Fsp3) is 0.550.